The molecule has 3 nitrogen and oxygen atoms in total. The lowest BCUT2D eigenvalue weighted by atomic mass is 10.2. The van der Waals surface area contributed by atoms with Crippen LogP contribution < -0.4 is 0 Å². The fourth-order valence-electron chi connectivity index (χ4n) is 1.18. The van der Waals surface area contributed by atoms with Gasteiger partial charge in [-0.15, -0.1) is 0 Å². The van der Waals surface area contributed by atoms with Crippen molar-refractivity contribution in [2.45, 2.75) is 59.5 Å². The molecule has 0 bridgehead atoms. The zero-order valence-corrected chi connectivity index (χ0v) is 11.5. The van der Waals surface area contributed by atoms with Crippen LogP contribution in [0, 0.1) is 0 Å². The van der Waals surface area contributed by atoms with E-state index in [2.05, 4.69) is 4.98 Å². The molecule has 0 N–H and O–H groups in total. The molecule has 0 unspecified atom stereocenters. The summed E-state index contributed by atoms with van der Waals surface area (Å²) in [4.78, 5) is 4.35. The van der Waals surface area contributed by atoms with Gasteiger partial charge in [-0.3, -0.25) is 4.98 Å². The lowest BCUT2D eigenvalue weighted by Gasteiger charge is -2.19. The van der Waals surface area contributed by atoms with Crippen LogP contribution in [0.5, 0.6) is 0 Å². The van der Waals surface area contributed by atoms with E-state index in [4.69, 9.17) is 9.47 Å². The van der Waals surface area contributed by atoms with Crippen LogP contribution in [0.15, 0.2) is 18.3 Å². The number of nitrogens with zero attached hydrogens (tertiary/aromatic N) is 1. The third-order valence-electron chi connectivity index (χ3n) is 2.12. The van der Waals surface area contributed by atoms with Crippen LogP contribution in [0.25, 0.3) is 0 Å². The van der Waals surface area contributed by atoms with Crippen molar-refractivity contribution in [1.82, 2.24) is 4.98 Å². The largest absolute Gasteiger partial charge is 0.373 e. The number of aromatic nitrogens is 1. The van der Waals surface area contributed by atoms with Crippen LogP contribution in [-0.2, 0) is 22.7 Å². The molecule has 1 rings (SSSR count). The highest BCUT2D eigenvalue weighted by Crippen LogP contribution is 2.11. The first-order chi connectivity index (χ1) is 7.87. The second-order valence-electron chi connectivity index (χ2n) is 5.42. The molecule has 3 heteroatoms. The summed E-state index contributed by atoms with van der Waals surface area (Å²) in [6.07, 6.45) is 2.09. The molecular weight excluding hydrogens is 214 g/mol. The average molecular weight is 237 g/mol. The van der Waals surface area contributed by atoms with E-state index in [0.717, 1.165) is 11.3 Å². The molecule has 0 fully saturated rings. The Morgan fingerprint density at radius 2 is 1.88 bits per heavy atom. The Balaban J connectivity index is 2.45. The second kappa shape index (κ2) is 6.12. The zero-order valence-electron chi connectivity index (χ0n) is 11.5. The molecule has 0 saturated carbocycles. The fraction of sp³-hybridized carbons (Fsp3) is 0.643. The van der Waals surface area contributed by atoms with E-state index in [0.29, 0.717) is 13.2 Å². The van der Waals surface area contributed by atoms with Gasteiger partial charge in [-0.1, -0.05) is 6.07 Å². The highest BCUT2D eigenvalue weighted by Gasteiger charge is 2.10. The molecule has 0 spiro atoms. The molecule has 1 aromatic rings. The van der Waals surface area contributed by atoms with Gasteiger partial charge >= 0.3 is 0 Å². The van der Waals surface area contributed by atoms with E-state index >= 15 is 0 Å². The Hall–Kier alpha value is -0.930. The van der Waals surface area contributed by atoms with Crippen molar-refractivity contribution in [1.29, 1.82) is 0 Å². The van der Waals surface area contributed by atoms with Gasteiger partial charge in [0.25, 0.3) is 0 Å². The number of ether oxygens (including phenoxy) is 2. The lowest BCUT2D eigenvalue weighted by molar-refractivity contribution is -0.0151. The van der Waals surface area contributed by atoms with E-state index in [1.807, 2.05) is 52.9 Å². The van der Waals surface area contributed by atoms with Crippen molar-refractivity contribution in [2.24, 2.45) is 0 Å². The minimum Gasteiger partial charge on any atom is -0.373 e. The van der Waals surface area contributed by atoms with E-state index in [1.54, 1.807) is 0 Å². The van der Waals surface area contributed by atoms with Crippen LogP contribution in [-0.4, -0.2) is 16.7 Å². The van der Waals surface area contributed by atoms with Gasteiger partial charge in [-0.2, -0.15) is 0 Å². The third-order valence-corrected chi connectivity index (χ3v) is 2.12. The summed E-state index contributed by atoms with van der Waals surface area (Å²) in [5.74, 6) is 0. The highest BCUT2D eigenvalue weighted by atomic mass is 16.5. The summed E-state index contributed by atoms with van der Waals surface area (Å²) in [6, 6.07) is 4.03. The van der Waals surface area contributed by atoms with Crippen molar-refractivity contribution < 1.29 is 9.47 Å². The van der Waals surface area contributed by atoms with E-state index in [9.17, 15) is 0 Å². The number of pyridine rings is 1. The smallest absolute Gasteiger partial charge is 0.0891 e. The summed E-state index contributed by atoms with van der Waals surface area (Å²) in [5.41, 5.74) is 1.94. The van der Waals surface area contributed by atoms with Crippen LogP contribution >= 0.6 is 0 Å². The maximum atomic E-state index is 5.68. The minimum atomic E-state index is -0.112. The van der Waals surface area contributed by atoms with Gasteiger partial charge in [0, 0.05) is 6.20 Å². The Labute approximate surface area is 104 Å². The van der Waals surface area contributed by atoms with Gasteiger partial charge in [-0.25, -0.2) is 0 Å². The van der Waals surface area contributed by atoms with E-state index in [-0.39, 0.29) is 11.7 Å². The summed E-state index contributed by atoms with van der Waals surface area (Å²) in [6.45, 7) is 11.3. The third kappa shape index (κ3) is 6.39. The molecule has 0 amide bonds. The quantitative estimate of drug-likeness (QED) is 0.787. The molecule has 17 heavy (non-hydrogen) atoms. The Morgan fingerprint density at radius 1 is 1.18 bits per heavy atom. The van der Waals surface area contributed by atoms with Gasteiger partial charge in [0.1, 0.15) is 0 Å². The summed E-state index contributed by atoms with van der Waals surface area (Å²) in [5, 5.41) is 0. The zero-order chi connectivity index (χ0) is 12.9. The Morgan fingerprint density at radius 3 is 2.35 bits per heavy atom. The first kappa shape index (κ1) is 14.1. The fourth-order valence-corrected chi connectivity index (χ4v) is 1.18. The maximum Gasteiger partial charge on any atom is 0.0891 e. The number of rotatable bonds is 5. The van der Waals surface area contributed by atoms with Gasteiger partial charge < -0.3 is 9.47 Å². The van der Waals surface area contributed by atoms with E-state index < -0.39 is 0 Å². The normalized spacial score (nSPS) is 12.1. The van der Waals surface area contributed by atoms with Gasteiger partial charge in [0.05, 0.1) is 30.6 Å². The molecule has 0 aliphatic carbocycles. The monoisotopic (exact) mass is 237 g/mol. The standard InChI is InChI=1S/C14H23NO2/c1-11(2)16-10-13-7-6-12(8-15-13)9-17-14(3,4)5/h6-8,11H,9-10H2,1-5H3. The van der Waals surface area contributed by atoms with Crippen molar-refractivity contribution in [2.75, 3.05) is 0 Å². The molecule has 0 aromatic carbocycles. The predicted molar refractivity (Wildman–Crippen MR) is 68.7 cm³/mol. The lowest BCUT2D eigenvalue weighted by Crippen LogP contribution is -2.18. The first-order valence-electron chi connectivity index (χ1n) is 6.06. The Kier molecular flexibility index (Phi) is 5.09. The van der Waals surface area contributed by atoms with Gasteiger partial charge in [0.15, 0.2) is 0 Å². The molecule has 0 aliphatic heterocycles. The topological polar surface area (TPSA) is 31.4 Å². The highest BCUT2D eigenvalue weighted by molar-refractivity contribution is 5.12. The minimum absolute atomic E-state index is 0.112. The van der Waals surface area contributed by atoms with Crippen molar-refractivity contribution in [3.63, 3.8) is 0 Å². The van der Waals surface area contributed by atoms with E-state index in [1.165, 1.54) is 0 Å². The molecule has 1 heterocycles. The SMILES string of the molecule is CC(C)OCc1ccc(COC(C)(C)C)cn1. The van der Waals surface area contributed by atoms with Crippen molar-refractivity contribution in [3.8, 4) is 0 Å². The summed E-state index contributed by atoms with van der Waals surface area (Å²) in [7, 11) is 0. The first-order valence-corrected chi connectivity index (χ1v) is 6.06. The second-order valence-corrected chi connectivity index (χ2v) is 5.42. The molecule has 0 saturated heterocycles. The number of hydrogen-bond acceptors (Lipinski definition) is 3. The summed E-state index contributed by atoms with van der Waals surface area (Å²) < 4.78 is 11.2. The number of hydrogen-bond donors (Lipinski definition) is 0. The maximum absolute atomic E-state index is 5.68. The van der Waals surface area contributed by atoms with Crippen LogP contribution in [0.1, 0.15) is 45.9 Å². The van der Waals surface area contributed by atoms with Crippen LogP contribution in [0.2, 0.25) is 0 Å². The van der Waals surface area contributed by atoms with Crippen molar-refractivity contribution in [3.05, 3.63) is 29.6 Å². The average Bonchev–Trinajstić information content (AvgIpc) is 2.24. The predicted octanol–water partition coefficient (Wildman–Crippen LogP) is 3.32. The van der Waals surface area contributed by atoms with Crippen LogP contribution in [0.3, 0.4) is 0 Å². The summed E-state index contributed by atoms with van der Waals surface area (Å²) >= 11 is 0. The molecule has 96 valence electrons. The molecule has 0 radical (unpaired) electrons. The van der Waals surface area contributed by atoms with Crippen LogP contribution in [0.4, 0.5) is 0 Å². The Bertz CT molecular complexity index is 325. The molecule has 1 aromatic heterocycles. The van der Waals surface area contributed by atoms with Crippen molar-refractivity contribution >= 4 is 0 Å². The molecule has 0 atom stereocenters. The molecule has 0 aliphatic rings. The molecular formula is C14H23NO2. The van der Waals surface area contributed by atoms with Gasteiger partial charge in [-0.05, 0) is 46.2 Å². The van der Waals surface area contributed by atoms with Gasteiger partial charge in [0.2, 0.25) is 0 Å².